The Balaban J connectivity index is 0.00000353. The van der Waals surface area contributed by atoms with Gasteiger partial charge in [-0.3, -0.25) is 4.79 Å². The molecule has 1 atom stereocenters. The molecule has 2 aliphatic rings. The minimum Gasteiger partial charge on any atom is -0.550 e. The average molecular weight is 542 g/mol. The summed E-state index contributed by atoms with van der Waals surface area (Å²) in [6.45, 7) is 4.65. The van der Waals surface area contributed by atoms with Crippen molar-refractivity contribution in [2.24, 2.45) is 0 Å². The Morgan fingerprint density at radius 1 is 1.18 bits per heavy atom. The second kappa shape index (κ2) is 12.0. The SMILES string of the molecule is CC(C)(Cc1c[nH]c2c(CCC(=O)[O-])cccc12)NC[C@H](O)COc1cccc2c1C1(CCCC1)C(=O)N2.[Na+]. The van der Waals surface area contributed by atoms with E-state index in [2.05, 4.69) is 29.5 Å². The van der Waals surface area contributed by atoms with Gasteiger partial charge in [-0.2, -0.15) is 0 Å². The van der Waals surface area contributed by atoms with E-state index < -0.39 is 17.5 Å². The van der Waals surface area contributed by atoms with Crippen LogP contribution in [0.4, 0.5) is 5.69 Å². The van der Waals surface area contributed by atoms with E-state index in [1.165, 1.54) is 0 Å². The molecule has 9 heteroatoms. The van der Waals surface area contributed by atoms with Gasteiger partial charge in [-0.05, 0) is 69.2 Å². The number of carbonyl (C=O) groups excluding carboxylic acids is 2. The number of carbonyl (C=O) groups is 2. The fourth-order valence-electron chi connectivity index (χ4n) is 6.10. The normalized spacial score (nSPS) is 16.6. The third kappa shape index (κ3) is 6.20. The van der Waals surface area contributed by atoms with Gasteiger partial charge in [0.05, 0.1) is 5.41 Å². The fraction of sp³-hybridized carbons (Fsp3) is 0.467. The van der Waals surface area contributed by atoms with Crippen LogP contribution in [0.15, 0.2) is 42.6 Å². The summed E-state index contributed by atoms with van der Waals surface area (Å²) in [5.74, 6) is -0.316. The molecule has 1 spiro atoms. The Bertz CT molecular complexity index is 1350. The van der Waals surface area contributed by atoms with Crippen LogP contribution in [0.25, 0.3) is 10.9 Å². The maximum absolute atomic E-state index is 12.8. The second-order valence-corrected chi connectivity index (χ2v) is 11.4. The number of benzene rings is 2. The van der Waals surface area contributed by atoms with Crippen molar-refractivity contribution >= 4 is 28.5 Å². The number of aliphatic hydroxyl groups is 1. The van der Waals surface area contributed by atoms with Crippen molar-refractivity contribution in [1.29, 1.82) is 0 Å². The zero-order valence-electron chi connectivity index (χ0n) is 23.1. The number of rotatable bonds is 11. The standard InChI is InChI=1S/C30H37N3O5.Na/c1-29(2,15-20-16-31-27-19(11-12-25(35)36)7-5-8-22(20)27)32-17-21(34)18-38-24-10-6-9-23-26(24)30(28(37)33-23)13-3-4-14-30;/h5-10,16,21,31-32,34H,3-4,11-15,17-18H2,1-2H3,(H,33,37)(H,35,36);/q;+1/p-1/t21-;/m0./s1. The van der Waals surface area contributed by atoms with Gasteiger partial charge in [0.2, 0.25) is 5.91 Å². The number of hydrogen-bond donors (Lipinski definition) is 4. The van der Waals surface area contributed by atoms with E-state index in [1.807, 2.05) is 42.6 Å². The minimum atomic E-state index is -1.05. The van der Waals surface area contributed by atoms with Crippen LogP contribution in [0.5, 0.6) is 5.75 Å². The van der Waals surface area contributed by atoms with Crippen LogP contribution < -0.4 is 50.0 Å². The molecule has 0 saturated heterocycles. The summed E-state index contributed by atoms with van der Waals surface area (Å²) in [5.41, 5.74) is 4.00. The molecule has 2 aromatic carbocycles. The number of nitrogens with one attached hydrogen (secondary N) is 3. The summed E-state index contributed by atoms with van der Waals surface area (Å²) in [6, 6.07) is 11.6. The average Bonchev–Trinajstić information content (AvgIpc) is 3.60. The molecular weight excluding hydrogens is 505 g/mol. The van der Waals surface area contributed by atoms with Gasteiger partial charge in [-0.25, -0.2) is 0 Å². The number of aromatic nitrogens is 1. The summed E-state index contributed by atoms with van der Waals surface area (Å²) < 4.78 is 6.09. The number of aliphatic carboxylic acids is 1. The molecule has 1 amide bonds. The van der Waals surface area contributed by atoms with Gasteiger partial charge in [-0.1, -0.05) is 37.1 Å². The number of H-pyrrole nitrogens is 1. The number of ether oxygens (including phenoxy) is 1. The molecule has 1 aliphatic carbocycles. The third-order valence-corrected chi connectivity index (χ3v) is 8.01. The topological polar surface area (TPSA) is 127 Å². The van der Waals surface area contributed by atoms with Gasteiger partial charge >= 0.3 is 29.6 Å². The number of carboxylic acid groups (broad SMARTS) is 1. The van der Waals surface area contributed by atoms with E-state index in [0.717, 1.165) is 59.0 Å². The molecule has 202 valence electrons. The first-order valence-corrected chi connectivity index (χ1v) is 13.5. The van der Waals surface area contributed by atoms with Gasteiger partial charge in [0.1, 0.15) is 18.5 Å². The number of fused-ring (bicyclic) bond motifs is 3. The largest absolute Gasteiger partial charge is 1.00 e. The van der Waals surface area contributed by atoms with Crippen molar-refractivity contribution in [3.8, 4) is 5.75 Å². The maximum Gasteiger partial charge on any atom is 1.00 e. The van der Waals surface area contributed by atoms with E-state index in [4.69, 9.17) is 4.74 Å². The molecule has 1 aliphatic heterocycles. The van der Waals surface area contributed by atoms with E-state index in [0.29, 0.717) is 25.1 Å². The number of anilines is 1. The third-order valence-electron chi connectivity index (χ3n) is 8.01. The van der Waals surface area contributed by atoms with E-state index >= 15 is 0 Å². The first-order valence-electron chi connectivity index (χ1n) is 13.5. The predicted molar refractivity (Wildman–Crippen MR) is 144 cm³/mol. The second-order valence-electron chi connectivity index (χ2n) is 11.4. The van der Waals surface area contributed by atoms with Gasteiger partial charge in [0.25, 0.3) is 0 Å². The zero-order chi connectivity index (χ0) is 26.9. The van der Waals surface area contributed by atoms with Crippen molar-refractivity contribution < 1.29 is 54.1 Å². The van der Waals surface area contributed by atoms with Gasteiger partial charge in [-0.15, -0.1) is 0 Å². The van der Waals surface area contributed by atoms with Crippen molar-refractivity contribution in [3.05, 3.63) is 59.3 Å². The molecule has 3 aromatic rings. The Hall–Kier alpha value is -2.36. The molecular formula is C30H36N3NaO5. The number of amides is 1. The van der Waals surface area contributed by atoms with Crippen molar-refractivity contribution in [3.63, 3.8) is 0 Å². The molecule has 0 radical (unpaired) electrons. The van der Waals surface area contributed by atoms with Crippen LogP contribution in [0.2, 0.25) is 0 Å². The van der Waals surface area contributed by atoms with E-state index in [-0.39, 0.29) is 54.0 Å². The quantitative estimate of drug-likeness (QED) is 0.253. The van der Waals surface area contributed by atoms with Crippen molar-refractivity contribution in [2.45, 2.75) is 75.9 Å². The van der Waals surface area contributed by atoms with Crippen LogP contribution in [-0.4, -0.2) is 46.8 Å². The summed E-state index contributed by atoms with van der Waals surface area (Å²) >= 11 is 0. The van der Waals surface area contributed by atoms with Gasteiger partial charge < -0.3 is 35.4 Å². The Morgan fingerprint density at radius 2 is 1.92 bits per heavy atom. The Labute approximate surface area is 251 Å². The molecule has 0 bridgehead atoms. The number of para-hydroxylation sites is 1. The number of carboxylic acids is 1. The van der Waals surface area contributed by atoms with Crippen LogP contribution in [0, 0.1) is 0 Å². The maximum atomic E-state index is 12.8. The summed E-state index contributed by atoms with van der Waals surface area (Å²) in [7, 11) is 0. The van der Waals surface area contributed by atoms with Crippen LogP contribution in [0.3, 0.4) is 0 Å². The smallest absolute Gasteiger partial charge is 0.550 e. The first kappa shape index (κ1) is 29.6. The van der Waals surface area contributed by atoms with E-state index in [1.54, 1.807) is 0 Å². The summed E-state index contributed by atoms with van der Waals surface area (Å²) in [4.78, 5) is 27.0. The van der Waals surface area contributed by atoms with Crippen molar-refractivity contribution in [2.75, 3.05) is 18.5 Å². The van der Waals surface area contributed by atoms with Crippen LogP contribution in [-0.2, 0) is 27.8 Å². The number of aryl methyl sites for hydroxylation is 1. The van der Waals surface area contributed by atoms with Crippen LogP contribution >= 0.6 is 0 Å². The zero-order valence-corrected chi connectivity index (χ0v) is 25.1. The molecule has 0 unspecified atom stereocenters. The van der Waals surface area contributed by atoms with Crippen molar-refractivity contribution in [1.82, 2.24) is 10.3 Å². The van der Waals surface area contributed by atoms with Gasteiger partial charge in [0, 0.05) is 46.4 Å². The molecule has 1 fully saturated rings. The van der Waals surface area contributed by atoms with Crippen LogP contribution in [0.1, 0.15) is 62.6 Å². The fourth-order valence-corrected chi connectivity index (χ4v) is 6.10. The Morgan fingerprint density at radius 3 is 2.67 bits per heavy atom. The number of β-amino-alcohol motifs (C(OH)–C–C–N with tert-alkyl or cyclic N) is 1. The van der Waals surface area contributed by atoms with Gasteiger partial charge in [0.15, 0.2) is 0 Å². The molecule has 8 nitrogen and oxygen atoms in total. The molecule has 1 aromatic heterocycles. The predicted octanol–water partition coefficient (Wildman–Crippen LogP) is -0.0311. The number of hydrogen-bond acceptors (Lipinski definition) is 6. The monoisotopic (exact) mass is 541 g/mol. The molecule has 5 rings (SSSR count). The molecule has 2 heterocycles. The summed E-state index contributed by atoms with van der Waals surface area (Å²) in [5, 5.41) is 29.2. The minimum absolute atomic E-state index is 0. The van der Waals surface area contributed by atoms with E-state index in [9.17, 15) is 19.8 Å². The molecule has 1 saturated carbocycles. The summed E-state index contributed by atoms with van der Waals surface area (Å²) in [6.07, 6.45) is 6.08. The Kier molecular flexibility index (Phi) is 9.13. The molecule has 4 N–H and O–H groups in total. The number of aliphatic hydroxyl groups excluding tert-OH is 1. The number of aromatic amines is 1. The first-order chi connectivity index (χ1) is 18.2. The molecule has 39 heavy (non-hydrogen) atoms.